The molecule has 112 valence electrons. The molecule has 0 fully saturated rings. The third kappa shape index (κ3) is 5.26. The van der Waals surface area contributed by atoms with Gasteiger partial charge in [0.1, 0.15) is 5.01 Å². The molecule has 0 atom stereocenters. The summed E-state index contributed by atoms with van der Waals surface area (Å²) < 4.78 is 6.21. The van der Waals surface area contributed by atoms with Gasteiger partial charge in [-0.15, -0.1) is 11.3 Å². The van der Waals surface area contributed by atoms with E-state index in [1.54, 1.807) is 17.4 Å². The molecule has 5 nitrogen and oxygen atoms in total. The van der Waals surface area contributed by atoms with Crippen molar-refractivity contribution in [3.63, 3.8) is 0 Å². The van der Waals surface area contributed by atoms with Crippen LogP contribution in [0.4, 0.5) is 0 Å². The highest BCUT2D eigenvalue weighted by atomic mass is 32.1. The number of benzene rings is 1. The summed E-state index contributed by atoms with van der Waals surface area (Å²) >= 11 is 1.56. The lowest BCUT2D eigenvalue weighted by atomic mass is 10.3. The largest absolute Gasteiger partial charge is 0.394 e. The molecule has 1 amide bonds. The predicted octanol–water partition coefficient (Wildman–Crippen LogP) is 1.82. The van der Waals surface area contributed by atoms with Gasteiger partial charge in [0.05, 0.1) is 23.4 Å². The maximum absolute atomic E-state index is 11.6. The zero-order valence-corrected chi connectivity index (χ0v) is 12.4. The summed E-state index contributed by atoms with van der Waals surface area (Å²) in [5.74, 6) is -0.142. The number of rotatable bonds is 8. The Morgan fingerprint density at radius 1 is 1.38 bits per heavy atom. The third-order valence-corrected chi connectivity index (χ3v) is 3.69. The van der Waals surface area contributed by atoms with Crippen LogP contribution in [0.15, 0.2) is 30.3 Å². The first-order valence-corrected chi connectivity index (χ1v) is 7.61. The van der Waals surface area contributed by atoms with Crippen LogP contribution in [-0.2, 0) is 9.53 Å². The number of hydrogen-bond donors (Lipinski definition) is 2. The van der Waals surface area contributed by atoms with Crippen LogP contribution in [-0.4, -0.2) is 42.4 Å². The number of nitrogens with one attached hydrogen (secondary N) is 1. The van der Waals surface area contributed by atoms with Gasteiger partial charge in [-0.05, 0) is 24.6 Å². The minimum atomic E-state index is -0.142. The van der Waals surface area contributed by atoms with Gasteiger partial charge < -0.3 is 15.2 Å². The van der Waals surface area contributed by atoms with Crippen molar-refractivity contribution in [2.45, 2.75) is 6.42 Å². The normalized spacial score (nSPS) is 11.3. The van der Waals surface area contributed by atoms with E-state index in [1.807, 2.05) is 24.3 Å². The molecule has 21 heavy (non-hydrogen) atoms. The fraction of sp³-hybridized carbons (Fsp3) is 0.333. The minimum absolute atomic E-state index is 0.0251. The number of carbonyl (C=O) groups excluding carboxylic acids is 1. The first-order chi connectivity index (χ1) is 10.3. The van der Waals surface area contributed by atoms with Gasteiger partial charge in [-0.3, -0.25) is 4.79 Å². The third-order valence-electron chi connectivity index (χ3n) is 2.69. The van der Waals surface area contributed by atoms with Crippen LogP contribution < -0.4 is 5.32 Å². The van der Waals surface area contributed by atoms with Crippen molar-refractivity contribution in [2.24, 2.45) is 0 Å². The Hall–Kier alpha value is -1.76. The predicted molar refractivity (Wildman–Crippen MR) is 84.2 cm³/mol. The van der Waals surface area contributed by atoms with Crippen molar-refractivity contribution in [3.8, 4) is 0 Å². The highest BCUT2D eigenvalue weighted by Crippen LogP contribution is 2.22. The molecule has 0 radical (unpaired) electrons. The number of hydrogen-bond acceptors (Lipinski definition) is 5. The first kappa shape index (κ1) is 15.6. The zero-order chi connectivity index (χ0) is 14.9. The number of ether oxygens (including phenoxy) is 1. The van der Waals surface area contributed by atoms with Crippen LogP contribution in [0.1, 0.15) is 11.4 Å². The lowest BCUT2D eigenvalue weighted by molar-refractivity contribution is -0.116. The topological polar surface area (TPSA) is 71.5 Å². The summed E-state index contributed by atoms with van der Waals surface area (Å²) in [6.45, 7) is 1.44. The summed E-state index contributed by atoms with van der Waals surface area (Å²) in [4.78, 5) is 16.0. The molecule has 1 aromatic heterocycles. The smallest absolute Gasteiger partial charge is 0.244 e. The average Bonchev–Trinajstić information content (AvgIpc) is 2.91. The maximum Gasteiger partial charge on any atom is 0.244 e. The van der Waals surface area contributed by atoms with Crippen LogP contribution in [0.25, 0.3) is 16.3 Å². The quantitative estimate of drug-likeness (QED) is 0.576. The van der Waals surface area contributed by atoms with Crippen molar-refractivity contribution in [1.29, 1.82) is 0 Å². The van der Waals surface area contributed by atoms with Gasteiger partial charge in [-0.25, -0.2) is 4.98 Å². The van der Waals surface area contributed by atoms with E-state index in [4.69, 9.17) is 9.84 Å². The summed E-state index contributed by atoms with van der Waals surface area (Å²) in [5, 5.41) is 12.1. The minimum Gasteiger partial charge on any atom is -0.394 e. The number of carbonyl (C=O) groups is 1. The molecule has 1 heterocycles. The van der Waals surface area contributed by atoms with Crippen molar-refractivity contribution >= 4 is 33.5 Å². The molecule has 0 saturated heterocycles. The number of nitrogens with zero attached hydrogens (tertiary/aromatic N) is 1. The fourth-order valence-corrected chi connectivity index (χ4v) is 2.59. The van der Waals surface area contributed by atoms with Crippen LogP contribution in [0.2, 0.25) is 0 Å². The van der Waals surface area contributed by atoms with E-state index >= 15 is 0 Å². The Morgan fingerprint density at radius 3 is 3.05 bits per heavy atom. The standard InChI is InChI=1S/C15H18N2O3S/c18-9-11-20-10-3-8-16-14(19)6-7-15-17-12-4-1-2-5-13(12)21-15/h1-2,4-7,18H,3,8-11H2,(H,16,19)/b7-6+. The number of fused-ring (bicyclic) bond motifs is 1. The summed E-state index contributed by atoms with van der Waals surface area (Å²) in [5.41, 5.74) is 0.948. The molecule has 2 rings (SSSR count). The van der Waals surface area contributed by atoms with Crippen molar-refractivity contribution in [3.05, 3.63) is 35.3 Å². The Balaban J connectivity index is 1.74. The van der Waals surface area contributed by atoms with E-state index in [-0.39, 0.29) is 12.5 Å². The molecule has 1 aromatic carbocycles. The van der Waals surface area contributed by atoms with Crippen LogP contribution in [0.3, 0.4) is 0 Å². The Kier molecular flexibility index (Phi) is 6.33. The second-order valence-electron chi connectivity index (χ2n) is 4.33. The van der Waals surface area contributed by atoms with Gasteiger partial charge >= 0.3 is 0 Å². The number of aliphatic hydroxyl groups excluding tert-OH is 1. The number of aliphatic hydroxyl groups is 1. The first-order valence-electron chi connectivity index (χ1n) is 6.79. The summed E-state index contributed by atoms with van der Waals surface area (Å²) in [6.07, 6.45) is 3.94. The van der Waals surface area contributed by atoms with E-state index in [1.165, 1.54) is 6.08 Å². The summed E-state index contributed by atoms with van der Waals surface area (Å²) in [7, 11) is 0. The SMILES string of the molecule is O=C(/C=C/c1nc2ccccc2s1)NCCCOCCO. The van der Waals surface area contributed by atoms with Gasteiger partial charge in [0.15, 0.2) is 0 Å². The van der Waals surface area contributed by atoms with E-state index in [9.17, 15) is 4.79 Å². The van der Waals surface area contributed by atoms with Gasteiger partial charge in [-0.2, -0.15) is 0 Å². The second kappa shape index (κ2) is 8.51. The van der Waals surface area contributed by atoms with Crippen molar-refractivity contribution < 1.29 is 14.6 Å². The molecule has 0 aliphatic rings. The molecule has 0 bridgehead atoms. The monoisotopic (exact) mass is 306 g/mol. The van der Waals surface area contributed by atoms with Gasteiger partial charge in [0.25, 0.3) is 0 Å². The molecular weight excluding hydrogens is 288 g/mol. The highest BCUT2D eigenvalue weighted by molar-refractivity contribution is 7.19. The molecule has 0 spiro atoms. The molecule has 2 aromatic rings. The van der Waals surface area contributed by atoms with Crippen molar-refractivity contribution in [1.82, 2.24) is 10.3 Å². The number of para-hydroxylation sites is 1. The number of thiazole rings is 1. The second-order valence-corrected chi connectivity index (χ2v) is 5.40. The lowest BCUT2D eigenvalue weighted by Crippen LogP contribution is -2.23. The maximum atomic E-state index is 11.6. The Morgan fingerprint density at radius 2 is 2.24 bits per heavy atom. The number of aromatic nitrogens is 1. The number of amides is 1. The van der Waals surface area contributed by atoms with E-state index < -0.39 is 0 Å². The Bertz CT molecular complexity index is 577. The molecular formula is C15H18N2O3S. The van der Waals surface area contributed by atoms with Gasteiger partial charge in [0.2, 0.25) is 5.91 Å². The highest BCUT2D eigenvalue weighted by Gasteiger charge is 2.00. The van der Waals surface area contributed by atoms with Gasteiger partial charge in [-0.1, -0.05) is 12.1 Å². The molecule has 0 aliphatic heterocycles. The van der Waals surface area contributed by atoms with Gasteiger partial charge in [0, 0.05) is 19.2 Å². The zero-order valence-electron chi connectivity index (χ0n) is 11.6. The average molecular weight is 306 g/mol. The van der Waals surface area contributed by atoms with E-state index in [0.29, 0.717) is 19.8 Å². The molecule has 0 aliphatic carbocycles. The fourth-order valence-electron chi connectivity index (χ4n) is 1.72. The van der Waals surface area contributed by atoms with Crippen LogP contribution in [0, 0.1) is 0 Å². The molecule has 0 unspecified atom stereocenters. The Labute approximate surface area is 127 Å². The van der Waals surface area contributed by atoms with Crippen LogP contribution >= 0.6 is 11.3 Å². The lowest BCUT2D eigenvalue weighted by Gasteiger charge is -2.02. The van der Waals surface area contributed by atoms with E-state index in [0.717, 1.165) is 21.6 Å². The summed E-state index contributed by atoms with van der Waals surface area (Å²) in [6, 6.07) is 7.88. The molecule has 2 N–H and O–H groups in total. The van der Waals surface area contributed by atoms with E-state index in [2.05, 4.69) is 10.3 Å². The molecule has 0 saturated carbocycles. The van der Waals surface area contributed by atoms with Crippen molar-refractivity contribution in [2.75, 3.05) is 26.4 Å². The molecule has 6 heteroatoms. The van der Waals surface area contributed by atoms with Crippen LogP contribution in [0.5, 0.6) is 0 Å².